The molecule has 3 nitrogen and oxygen atoms in total. The summed E-state index contributed by atoms with van der Waals surface area (Å²) in [5.74, 6) is 1.18. The van der Waals surface area contributed by atoms with Gasteiger partial charge in [-0.15, -0.1) is 11.3 Å². The van der Waals surface area contributed by atoms with Crippen LogP contribution < -0.4 is 5.56 Å². The van der Waals surface area contributed by atoms with E-state index in [1.165, 1.54) is 22.4 Å². The van der Waals surface area contributed by atoms with Crippen molar-refractivity contribution in [1.82, 2.24) is 9.55 Å². The van der Waals surface area contributed by atoms with Crippen LogP contribution in [0.1, 0.15) is 48.6 Å². The molecule has 27 heavy (non-hydrogen) atoms. The number of hydrogen-bond acceptors (Lipinski definition) is 4. The number of thioether (sulfide) groups is 1. The van der Waals surface area contributed by atoms with Crippen molar-refractivity contribution in [2.75, 3.05) is 5.75 Å². The second-order valence-corrected chi connectivity index (χ2v) is 9.55. The molecule has 0 aliphatic heterocycles. The molecule has 140 valence electrons. The predicted octanol–water partition coefficient (Wildman–Crippen LogP) is 5.86. The average Bonchev–Trinajstić information content (AvgIpc) is 3.01. The van der Waals surface area contributed by atoms with Crippen LogP contribution in [0.4, 0.5) is 0 Å². The number of fused-ring (bicyclic) bond motifs is 3. The van der Waals surface area contributed by atoms with Crippen molar-refractivity contribution in [2.45, 2.75) is 51.1 Å². The van der Waals surface area contributed by atoms with Gasteiger partial charge in [-0.3, -0.25) is 9.36 Å². The quantitative estimate of drug-likeness (QED) is 0.314. The molecule has 0 saturated carbocycles. The normalized spacial score (nSPS) is 16.5. The summed E-state index contributed by atoms with van der Waals surface area (Å²) in [6.07, 6.45) is 3.41. The van der Waals surface area contributed by atoms with Gasteiger partial charge in [0.05, 0.1) is 11.1 Å². The molecule has 0 saturated heterocycles. The lowest BCUT2D eigenvalue weighted by atomic mass is 9.88. The van der Waals surface area contributed by atoms with Gasteiger partial charge >= 0.3 is 0 Å². The van der Waals surface area contributed by atoms with Crippen LogP contribution in [0.25, 0.3) is 15.9 Å². The second kappa shape index (κ2) is 7.28. The Hall–Kier alpha value is -1.85. The Morgan fingerprint density at radius 1 is 1.37 bits per heavy atom. The van der Waals surface area contributed by atoms with Gasteiger partial charge in [0.2, 0.25) is 0 Å². The first-order valence-electron chi connectivity index (χ1n) is 9.38. The van der Waals surface area contributed by atoms with Crippen LogP contribution in [0, 0.1) is 6.92 Å². The van der Waals surface area contributed by atoms with Gasteiger partial charge in [0.15, 0.2) is 5.16 Å². The zero-order valence-corrected chi connectivity index (χ0v) is 17.7. The second-order valence-electron chi connectivity index (χ2n) is 7.53. The van der Waals surface area contributed by atoms with Gasteiger partial charge in [-0.2, -0.15) is 0 Å². The van der Waals surface area contributed by atoms with Crippen molar-refractivity contribution >= 4 is 33.3 Å². The third-order valence-electron chi connectivity index (χ3n) is 5.08. The van der Waals surface area contributed by atoms with E-state index in [0.29, 0.717) is 5.92 Å². The molecule has 0 bridgehead atoms. The van der Waals surface area contributed by atoms with E-state index in [-0.39, 0.29) is 5.56 Å². The van der Waals surface area contributed by atoms with E-state index in [4.69, 9.17) is 4.98 Å². The highest BCUT2D eigenvalue weighted by molar-refractivity contribution is 7.99. The molecular formula is C22H24N2OS2. The maximum atomic E-state index is 13.7. The van der Waals surface area contributed by atoms with Crippen molar-refractivity contribution in [3.8, 4) is 5.69 Å². The van der Waals surface area contributed by atoms with Crippen LogP contribution in [0.5, 0.6) is 0 Å². The number of benzene rings is 1. The minimum absolute atomic E-state index is 0.0688. The molecule has 0 spiro atoms. The highest BCUT2D eigenvalue weighted by atomic mass is 32.2. The van der Waals surface area contributed by atoms with E-state index < -0.39 is 0 Å². The summed E-state index contributed by atoms with van der Waals surface area (Å²) in [5.41, 5.74) is 4.45. The summed E-state index contributed by atoms with van der Waals surface area (Å²) in [4.78, 5) is 20.8. The fourth-order valence-corrected chi connectivity index (χ4v) is 5.96. The molecular weight excluding hydrogens is 372 g/mol. The largest absolute Gasteiger partial charge is 0.268 e. The lowest BCUT2D eigenvalue weighted by Gasteiger charge is -2.19. The van der Waals surface area contributed by atoms with E-state index in [2.05, 4.69) is 20.4 Å². The van der Waals surface area contributed by atoms with Gasteiger partial charge < -0.3 is 0 Å². The Kier molecular flexibility index (Phi) is 4.99. The van der Waals surface area contributed by atoms with Gasteiger partial charge in [-0.05, 0) is 56.7 Å². The lowest BCUT2D eigenvalue weighted by molar-refractivity contribution is 0.601. The Morgan fingerprint density at radius 3 is 2.81 bits per heavy atom. The van der Waals surface area contributed by atoms with Crippen molar-refractivity contribution in [3.05, 3.63) is 62.8 Å². The molecule has 0 N–H and O–H groups in total. The first-order valence-corrected chi connectivity index (χ1v) is 11.2. The van der Waals surface area contributed by atoms with E-state index in [9.17, 15) is 4.79 Å². The minimum Gasteiger partial charge on any atom is -0.268 e. The van der Waals surface area contributed by atoms with Gasteiger partial charge in [0.25, 0.3) is 5.56 Å². The maximum absolute atomic E-state index is 13.7. The lowest BCUT2D eigenvalue weighted by Crippen LogP contribution is -2.22. The molecule has 0 fully saturated rings. The fourth-order valence-electron chi connectivity index (χ4n) is 3.72. The smallest absolute Gasteiger partial charge is 0.267 e. The van der Waals surface area contributed by atoms with Crippen molar-refractivity contribution in [3.63, 3.8) is 0 Å². The Labute approximate surface area is 168 Å². The maximum Gasteiger partial charge on any atom is 0.267 e. The first-order chi connectivity index (χ1) is 13.0. The number of nitrogens with zero attached hydrogens (tertiary/aromatic N) is 2. The van der Waals surface area contributed by atoms with Crippen LogP contribution in [0.3, 0.4) is 0 Å². The molecule has 0 amide bonds. The molecule has 1 aliphatic rings. The van der Waals surface area contributed by atoms with Crippen molar-refractivity contribution in [2.24, 2.45) is 0 Å². The SMILES string of the molecule is C=C(C)CSc1nc2sc3c(c2c(=O)n1-c1ccc(C)cc1)C(C)CCC3. The molecule has 4 rings (SSSR count). The van der Waals surface area contributed by atoms with Crippen LogP contribution >= 0.6 is 23.1 Å². The summed E-state index contributed by atoms with van der Waals surface area (Å²) in [6, 6.07) is 8.12. The van der Waals surface area contributed by atoms with Gasteiger partial charge in [0.1, 0.15) is 4.83 Å². The topological polar surface area (TPSA) is 34.9 Å². The van der Waals surface area contributed by atoms with E-state index in [1.807, 2.05) is 31.2 Å². The van der Waals surface area contributed by atoms with Gasteiger partial charge in [-0.25, -0.2) is 4.98 Å². The predicted molar refractivity (Wildman–Crippen MR) is 117 cm³/mol. The molecule has 3 aromatic rings. The summed E-state index contributed by atoms with van der Waals surface area (Å²) in [7, 11) is 0. The summed E-state index contributed by atoms with van der Waals surface area (Å²) in [5, 5.41) is 1.59. The third-order valence-corrected chi connectivity index (χ3v) is 7.41. The summed E-state index contributed by atoms with van der Waals surface area (Å²) < 4.78 is 1.80. The Bertz CT molecular complexity index is 1080. The molecule has 1 atom stereocenters. The van der Waals surface area contributed by atoms with Gasteiger partial charge in [-0.1, -0.05) is 48.5 Å². The van der Waals surface area contributed by atoms with Crippen LogP contribution in [0.2, 0.25) is 0 Å². The molecule has 2 heterocycles. The van der Waals surface area contributed by atoms with Crippen LogP contribution in [-0.4, -0.2) is 15.3 Å². The highest BCUT2D eigenvalue weighted by Gasteiger charge is 2.26. The number of aromatic nitrogens is 2. The molecule has 0 radical (unpaired) electrons. The third kappa shape index (κ3) is 3.39. The molecule has 5 heteroatoms. The number of rotatable bonds is 4. The average molecular weight is 397 g/mol. The molecule has 1 aromatic carbocycles. The highest BCUT2D eigenvalue weighted by Crippen LogP contribution is 2.41. The zero-order chi connectivity index (χ0) is 19.1. The minimum atomic E-state index is 0.0688. The van der Waals surface area contributed by atoms with E-state index >= 15 is 0 Å². The van der Waals surface area contributed by atoms with Crippen LogP contribution in [-0.2, 0) is 6.42 Å². The number of thiophene rings is 1. The summed E-state index contributed by atoms with van der Waals surface area (Å²) in [6.45, 7) is 10.3. The number of hydrogen-bond donors (Lipinski definition) is 0. The summed E-state index contributed by atoms with van der Waals surface area (Å²) >= 11 is 3.30. The zero-order valence-electron chi connectivity index (χ0n) is 16.0. The van der Waals surface area contributed by atoms with Gasteiger partial charge in [0, 0.05) is 10.6 Å². The van der Waals surface area contributed by atoms with Crippen LogP contribution in [0.15, 0.2) is 46.4 Å². The van der Waals surface area contributed by atoms with E-state index in [0.717, 1.165) is 45.2 Å². The van der Waals surface area contributed by atoms with Crippen molar-refractivity contribution in [1.29, 1.82) is 0 Å². The van der Waals surface area contributed by atoms with E-state index in [1.54, 1.807) is 27.7 Å². The standard InChI is InChI=1S/C22H24N2OS2/c1-13(2)12-26-22-23-20-19(18-15(4)6-5-7-17(18)27-20)21(25)24(22)16-10-8-14(3)9-11-16/h8-11,15H,1,5-7,12H2,2-4H3. The molecule has 1 unspecified atom stereocenters. The molecule has 2 aromatic heterocycles. The Morgan fingerprint density at radius 2 is 2.11 bits per heavy atom. The molecule has 1 aliphatic carbocycles. The first kappa shape index (κ1) is 18.5. The fraction of sp³-hybridized carbons (Fsp3) is 0.364. The monoisotopic (exact) mass is 396 g/mol. The Balaban J connectivity index is 1.99. The number of aryl methyl sites for hydroxylation is 2. The van der Waals surface area contributed by atoms with Crippen molar-refractivity contribution < 1.29 is 0 Å².